The summed E-state index contributed by atoms with van der Waals surface area (Å²) < 4.78 is 6.19. The number of hydrogen-bond acceptors (Lipinski definition) is 5. The average molecular weight is 346 g/mol. The number of nitrogens with zero attached hydrogens (tertiary/aromatic N) is 2. The zero-order valence-electron chi connectivity index (χ0n) is 13.6. The Morgan fingerprint density at radius 3 is 2.75 bits per heavy atom. The summed E-state index contributed by atoms with van der Waals surface area (Å²) in [5.74, 6) is 1.46. The standard InChI is InChI=1S/C17H18N2O4S/c1-9(2)13-8-24-16(18-13)15(20)12-7-19(17(21)22)14-6-10(23-3)4-5-11(12)14/h4-7,9,13H,8H2,1-3H3,(H,21,22). The molecule has 1 atom stereocenters. The maximum Gasteiger partial charge on any atom is 0.416 e. The van der Waals surface area contributed by atoms with Crippen LogP contribution in [0.25, 0.3) is 10.9 Å². The molecule has 7 heteroatoms. The van der Waals surface area contributed by atoms with Crippen molar-refractivity contribution in [3.63, 3.8) is 0 Å². The van der Waals surface area contributed by atoms with Crippen molar-refractivity contribution in [1.29, 1.82) is 0 Å². The van der Waals surface area contributed by atoms with E-state index in [2.05, 4.69) is 18.8 Å². The molecule has 3 rings (SSSR count). The van der Waals surface area contributed by atoms with Crippen LogP contribution in [-0.4, -0.2) is 45.5 Å². The summed E-state index contributed by atoms with van der Waals surface area (Å²) in [6, 6.07) is 5.16. The highest BCUT2D eigenvalue weighted by molar-refractivity contribution is 8.16. The minimum atomic E-state index is -1.15. The third kappa shape index (κ3) is 2.80. The molecule has 6 nitrogen and oxygen atoms in total. The van der Waals surface area contributed by atoms with Crippen molar-refractivity contribution in [2.75, 3.05) is 12.9 Å². The lowest BCUT2D eigenvalue weighted by atomic mass is 10.1. The van der Waals surface area contributed by atoms with Gasteiger partial charge in [-0.1, -0.05) is 13.8 Å². The number of ether oxygens (including phenoxy) is 1. The Morgan fingerprint density at radius 1 is 1.42 bits per heavy atom. The number of thioether (sulfide) groups is 1. The van der Waals surface area contributed by atoms with Crippen LogP contribution in [0.15, 0.2) is 29.4 Å². The van der Waals surface area contributed by atoms with E-state index in [-0.39, 0.29) is 11.8 Å². The van der Waals surface area contributed by atoms with Crippen molar-refractivity contribution >= 4 is 39.6 Å². The van der Waals surface area contributed by atoms with Gasteiger partial charge in [0, 0.05) is 23.4 Å². The molecule has 1 aromatic carbocycles. The molecular formula is C17H18N2O4S. The van der Waals surface area contributed by atoms with Crippen LogP contribution in [0.3, 0.4) is 0 Å². The smallest absolute Gasteiger partial charge is 0.416 e. The lowest BCUT2D eigenvalue weighted by molar-refractivity contribution is 0.107. The second kappa shape index (κ2) is 6.32. The molecule has 1 unspecified atom stereocenters. The molecule has 0 saturated heterocycles. The van der Waals surface area contributed by atoms with Crippen LogP contribution >= 0.6 is 11.8 Å². The fraction of sp³-hybridized carbons (Fsp3) is 0.353. The van der Waals surface area contributed by atoms with Crippen molar-refractivity contribution in [2.45, 2.75) is 19.9 Å². The van der Waals surface area contributed by atoms with Crippen LogP contribution in [0.1, 0.15) is 24.2 Å². The van der Waals surface area contributed by atoms with Crippen LogP contribution in [-0.2, 0) is 0 Å². The Bertz CT molecular complexity index is 854. The Hall–Kier alpha value is -2.28. The fourth-order valence-corrected chi connectivity index (χ4v) is 3.88. The highest BCUT2D eigenvalue weighted by Crippen LogP contribution is 2.30. The third-order valence-electron chi connectivity index (χ3n) is 4.10. The molecule has 1 aliphatic heterocycles. The highest BCUT2D eigenvalue weighted by atomic mass is 32.2. The lowest BCUT2D eigenvalue weighted by Gasteiger charge is -2.07. The van der Waals surface area contributed by atoms with Gasteiger partial charge in [-0.15, -0.1) is 11.8 Å². The van der Waals surface area contributed by atoms with E-state index >= 15 is 0 Å². The number of methoxy groups -OCH3 is 1. The summed E-state index contributed by atoms with van der Waals surface area (Å²) in [6.45, 7) is 4.15. The molecule has 0 bridgehead atoms. The number of carboxylic acid groups (broad SMARTS) is 1. The molecule has 2 heterocycles. The number of carbonyl (C=O) groups excluding carboxylic acids is 1. The van der Waals surface area contributed by atoms with Gasteiger partial charge in [0.1, 0.15) is 10.8 Å². The summed E-state index contributed by atoms with van der Waals surface area (Å²) in [5, 5.41) is 10.4. The van der Waals surface area contributed by atoms with Gasteiger partial charge in [-0.05, 0) is 18.1 Å². The van der Waals surface area contributed by atoms with E-state index in [9.17, 15) is 14.7 Å². The minimum Gasteiger partial charge on any atom is -0.497 e. The Labute approximate surface area is 143 Å². The normalized spacial score (nSPS) is 17.3. The summed E-state index contributed by atoms with van der Waals surface area (Å²) in [7, 11) is 1.51. The first-order valence-corrected chi connectivity index (χ1v) is 8.58. The number of aromatic nitrogens is 1. The lowest BCUT2D eigenvalue weighted by Crippen LogP contribution is -2.12. The maximum absolute atomic E-state index is 12.8. The van der Waals surface area contributed by atoms with Crippen molar-refractivity contribution in [1.82, 2.24) is 4.57 Å². The van der Waals surface area contributed by atoms with E-state index in [0.29, 0.717) is 33.2 Å². The minimum absolute atomic E-state index is 0.127. The van der Waals surface area contributed by atoms with Gasteiger partial charge in [0.2, 0.25) is 5.78 Å². The summed E-state index contributed by atoms with van der Waals surface area (Å²) in [4.78, 5) is 28.8. The van der Waals surface area contributed by atoms with Gasteiger partial charge >= 0.3 is 6.09 Å². The van der Waals surface area contributed by atoms with Crippen LogP contribution in [0.5, 0.6) is 5.75 Å². The first-order chi connectivity index (χ1) is 11.4. The van der Waals surface area contributed by atoms with Crippen LogP contribution in [0.2, 0.25) is 0 Å². The number of ketones is 1. The molecule has 126 valence electrons. The molecule has 0 fully saturated rings. The van der Waals surface area contributed by atoms with Gasteiger partial charge in [0.15, 0.2) is 0 Å². The van der Waals surface area contributed by atoms with Gasteiger partial charge in [0.25, 0.3) is 0 Å². The van der Waals surface area contributed by atoms with E-state index in [1.54, 1.807) is 18.2 Å². The Morgan fingerprint density at radius 2 is 2.17 bits per heavy atom. The van der Waals surface area contributed by atoms with Gasteiger partial charge in [-0.3, -0.25) is 14.4 Å². The number of fused-ring (bicyclic) bond motifs is 1. The Kier molecular flexibility index (Phi) is 4.36. The molecule has 0 aliphatic carbocycles. The zero-order valence-corrected chi connectivity index (χ0v) is 14.5. The molecule has 2 aromatic rings. The van der Waals surface area contributed by atoms with Gasteiger partial charge < -0.3 is 9.84 Å². The molecule has 0 spiro atoms. The largest absolute Gasteiger partial charge is 0.497 e. The molecular weight excluding hydrogens is 328 g/mol. The molecule has 1 aliphatic rings. The van der Waals surface area contributed by atoms with E-state index < -0.39 is 6.09 Å². The van der Waals surface area contributed by atoms with Gasteiger partial charge in [-0.25, -0.2) is 4.79 Å². The number of Topliss-reactive ketones (excluding diaryl/α,β-unsaturated/α-hetero) is 1. The number of carbonyl (C=O) groups is 2. The van der Waals surface area contributed by atoms with Crippen LogP contribution < -0.4 is 4.74 Å². The van der Waals surface area contributed by atoms with E-state index in [4.69, 9.17) is 4.74 Å². The average Bonchev–Trinajstić information content (AvgIpc) is 3.18. The second-order valence-corrected chi connectivity index (χ2v) is 6.97. The second-order valence-electron chi connectivity index (χ2n) is 5.96. The van der Waals surface area contributed by atoms with E-state index in [0.717, 1.165) is 10.3 Å². The molecule has 24 heavy (non-hydrogen) atoms. The highest BCUT2D eigenvalue weighted by Gasteiger charge is 2.28. The molecule has 0 saturated carbocycles. The number of aliphatic imine (C=N–C) groups is 1. The third-order valence-corrected chi connectivity index (χ3v) is 5.17. The van der Waals surface area contributed by atoms with E-state index in [1.807, 2.05) is 0 Å². The molecule has 0 radical (unpaired) electrons. The first-order valence-electron chi connectivity index (χ1n) is 7.60. The van der Waals surface area contributed by atoms with Gasteiger partial charge in [-0.2, -0.15) is 0 Å². The monoisotopic (exact) mass is 346 g/mol. The summed E-state index contributed by atoms with van der Waals surface area (Å²) in [6.07, 6.45) is 0.217. The zero-order chi connectivity index (χ0) is 17.4. The predicted octanol–water partition coefficient (Wildman–Crippen LogP) is 3.53. The van der Waals surface area contributed by atoms with Crippen LogP contribution in [0, 0.1) is 5.92 Å². The van der Waals surface area contributed by atoms with Gasteiger partial charge in [0.05, 0.1) is 24.2 Å². The molecule has 1 aromatic heterocycles. The molecule has 1 N–H and O–H groups in total. The topological polar surface area (TPSA) is 80.9 Å². The molecule has 0 amide bonds. The van der Waals surface area contributed by atoms with Crippen molar-refractivity contribution < 1.29 is 19.4 Å². The van der Waals surface area contributed by atoms with Crippen molar-refractivity contribution in [3.05, 3.63) is 30.0 Å². The van der Waals surface area contributed by atoms with Crippen molar-refractivity contribution in [2.24, 2.45) is 10.9 Å². The van der Waals surface area contributed by atoms with E-state index in [1.165, 1.54) is 25.1 Å². The number of rotatable bonds is 4. The predicted molar refractivity (Wildman–Crippen MR) is 94.8 cm³/mol. The summed E-state index contributed by atoms with van der Waals surface area (Å²) >= 11 is 1.43. The maximum atomic E-state index is 12.8. The summed E-state index contributed by atoms with van der Waals surface area (Å²) in [5.41, 5.74) is 0.778. The first kappa shape index (κ1) is 16.6. The van der Waals surface area contributed by atoms with Crippen LogP contribution in [0.4, 0.5) is 4.79 Å². The SMILES string of the molecule is COc1ccc2c(C(=O)C3=NC(C(C)C)CS3)cn(C(=O)O)c2c1. The number of benzene rings is 1. The number of hydrogen-bond donors (Lipinski definition) is 1. The van der Waals surface area contributed by atoms with Crippen molar-refractivity contribution in [3.8, 4) is 5.75 Å². The quantitative estimate of drug-likeness (QED) is 0.857. The fourth-order valence-electron chi connectivity index (χ4n) is 2.64. The Balaban J connectivity index is 2.08.